The molecule has 1 N–H and O–H groups in total. The van der Waals surface area contributed by atoms with Gasteiger partial charge in [-0.25, -0.2) is 0 Å². The Balaban J connectivity index is 3.01. The summed E-state index contributed by atoms with van der Waals surface area (Å²) >= 11 is 2.15. The highest BCUT2D eigenvalue weighted by Gasteiger charge is 2.30. The molecule has 84 valence electrons. The molecule has 0 fully saturated rings. The minimum atomic E-state index is -4.26. The van der Waals surface area contributed by atoms with Crippen LogP contribution in [0.1, 0.15) is 18.1 Å². The molecular formula is C10H11F3IN. The third-order valence-corrected chi connectivity index (χ3v) is 3.39. The molecule has 1 atom stereocenters. The summed E-state index contributed by atoms with van der Waals surface area (Å²) in [6.45, 7) is 1.90. The Bertz CT molecular complexity index is 330. The minimum Gasteiger partial charge on any atom is -0.303 e. The summed E-state index contributed by atoms with van der Waals surface area (Å²) in [5.74, 6) is 0. The van der Waals surface area contributed by atoms with E-state index in [0.29, 0.717) is 0 Å². The van der Waals surface area contributed by atoms with E-state index in [0.717, 1.165) is 17.7 Å². The zero-order valence-corrected chi connectivity index (χ0v) is 10.5. The van der Waals surface area contributed by atoms with Gasteiger partial charge in [-0.05, 0) is 31.7 Å². The molecule has 0 radical (unpaired) electrons. The minimum absolute atomic E-state index is 0.345. The average molecular weight is 329 g/mol. The predicted octanol–water partition coefficient (Wildman–Crippen LogP) is 3.53. The van der Waals surface area contributed by atoms with Crippen LogP contribution in [0.15, 0.2) is 24.3 Å². The van der Waals surface area contributed by atoms with Crippen LogP contribution in [0.25, 0.3) is 0 Å². The largest absolute Gasteiger partial charge is 0.416 e. The molecule has 1 nitrogen and oxygen atoms in total. The number of alkyl halides is 4. The number of hydrogen-bond acceptors (Lipinski definition) is 1. The van der Waals surface area contributed by atoms with Crippen LogP contribution < -0.4 is 5.32 Å². The van der Waals surface area contributed by atoms with Gasteiger partial charge in [0.1, 0.15) is 0 Å². The van der Waals surface area contributed by atoms with Crippen molar-refractivity contribution in [2.24, 2.45) is 0 Å². The van der Waals surface area contributed by atoms with Gasteiger partial charge in [0.15, 0.2) is 0 Å². The molecule has 0 saturated heterocycles. The summed E-state index contributed by atoms with van der Waals surface area (Å²) in [5.41, 5.74) is 0.202. The van der Waals surface area contributed by atoms with Gasteiger partial charge in [0.25, 0.3) is 0 Å². The van der Waals surface area contributed by atoms with Crippen molar-refractivity contribution in [2.45, 2.75) is 16.6 Å². The van der Waals surface area contributed by atoms with Gasteiger partial charge in [-0.3, -0.25) is 0 Å². The molecule has 0 bridgehead atoms. The maximum atomic E-state index is 12.3. The number of benzene rings is 1. The van der Waals surface area contributed by atoms with Crippen LogP contribution in [0.5, 0.6) is 0 Å². The highest BCUT2D eigenvalue weighted by Crippen LogP contribution is 2.32. The summed E-state index contributed by atoms with van der Waals surface area (Å²) < 4.78 is 36.5. The summed E-state index contributed by atoms with van der Waals surface area (Å²) in [4.78, 5) is 0. The molecule has 0 heterocycles. The van der Waals surface area contributed by atoms with E-state index in [2.05, 4.69) is 27.9 Å². The Morgan fingerprint density at radius 1 is 1.07 bits per heavy atom. The van der Waals surface area contributed by atoms with E-state index < -0.39 is 11.7 Å². The molecule has 1 aromatic carbocycles. The van der Waals surface area contributed by atoms with Gasteiger partial charge >= 0.3 is 6.18 Å². The lowest BCUT2D eigenvalue weighted by molar-refractivity contribution is -0.137. The summed E-state index contributed by atoms with van der Waals surface area (Å²) in [6.07, 6.45) is -4.26. The fourth-order valence-corrected chi connectivity index (χ4v) is 1.48. The van der Waals surface area contributed by atoms with Gasteiger partial charge in [-0.2, -0.15) is 13.2 Å². The Hall–Kier alpha value is -0.300. The molecule has 0 aliphatic carbocycles. The first-order valence-electron chi connectivity index (χ1n) is 4.33. The standard InChI is InChI=1S/C10H11F3IN/c1-9(14,15-2)7-3-5-8(6-4-7)10(11,12)13/h3-6,15H,1-2H3/t9-/m0/s1. The molecular weight excluding hydrogens is 318 g/mol. The van der Waals surface area contributed by atoms with Crippen LogP contribution in [0.4, 0.5) is 13.2 Å². The van der Waals surface area contributed by atoms with Crippen molar-refractivity contribution < 1.29 is 13.2 Å². The molecule has 0 aliphatic heterocycles. The number of hydrogen-bond donors (Lipinski definition) is 1. The van der Waals surface area contributed by atoms with Gasteiger partial charge in [0.05, 0.1) is 9.11 Å². The van der Waals surface area contributed by atoms with Gasteiger partial charge in [-0.1, -0.05) is 34.7 Å². The third-order valence-electron chi connectivity index (χ3n) is 2.22. The van der Waals surface area contributed by atoms with Gasteiger partial charge in [-0.15, -0.1) is 0 Å². The molecule has 0 aromatic heterocycles. The van der Waals surface area contributed by atoms with E-state index >= 15 is 0 Å². The van der Waals surface area contributed by atoms with Crippen molar-refractivity contribution in [3.8, 4) is 0 Å². The normalized spacial score (nSPS) is 16.1. The monoisotopic (exact) mass is 329 g/mol. The fraction of sp³-hybridized carbons (Fsp3) is 0.400. The van der Waals surface area contributed by atoms with E-state index in [-0.39, 0.29) is 3.55 Å². The van der Waals surface area contributed by atoms with Crippen LogP contribution in [0.3, 0.4) is 0 Å². The Morgan fingerprint density at radius 2 is 1.47 bits per heavy atom. The average Bonchev–Trinajstić information content (AvgIpc) is 2.17. The molecule has 1 aromatic rings. The quantitative estimate of drug-likeness (QED) is 0.497. The predicted molar refractivity (Wildman–Crippen MR) is 61.9 cm³/mol. The van der Waals surface area contributed by atoms with Crippen LogP contribution >= 0.6 is 22.6 Å². The Morgan fingerprint density at radius 3 is 1.80 bits per heavy atom. The van der Waals surface area contributed by atoms with Crippen molar-refractivity contribution in [3.63, 3.8) is 0 Å². The SMILES string of the molecule is CN[C@](C)(I)c1ccc(C(F)(F)F)cc1. The lowest BCUT2D eigenvalue weighted by Gasteiger charge is -2.22. The number of rotatable bonds is 2. The topological polar surface area (TPSA) is 12.0 Å². The van der Waals surface area contributed by atoms with Gasteiger partial charge < -0.3 is 5.32 Å². The van der Waals surface area contributed by atoms with Crippen molar-refractivity contribution in [1.29, 1.82) is 0 Å². The first kappa shape index (κ1) is 12.8. The smallest absolute Gasteiger partial charge is 0.303 e. The number of halogens is 4. The van der Waals surface area contributed by atoms with Crippen LogP contribution in [-0.2, 0) is 9.72 Å². The van der Waals surface area contributed by atoms with Crippen LogP contribution in [-0.4, -0.2) is 7.05 Å². The summed E-state index contributed by atoms with van der Waals surface area (Å²) in [7, 11) is 1.77. The number of nitrogens with one attached hydrogen (secondary N) is 1. The van der Waals surface area contributed by atoms with E-state index in [1.165, 1.54) is 12.1 Å². The lowest BCUT2D eigenvalue weighted by atomic mass is 10.1. The first-order chi connectivity index (χ1) is 6.77. The molecule has 15 heavy (non-hydrogen) atoms. The van der Waals surface area contributed by atoms with E-state index in [1.807, 2.05) is 6.92 Å². The van der Waals surface area contributed by atoms with E-state index in [4.69, 9.17) is 0 Å². The fourth-order valence-electron chi connectivity index (χ4n) is 1.12. The third kappa shape index (κ3) is 3.07. The maximum absolute atomic E-state index is 12.3. The second-order valence-electron chi connectivity index (χ2n) is 3.33. The molecule has 0 unspecified atom stereocenters. The molecule has 5 heteroatoms. The lowest BCUT2D eigenvalue weighted by Crippen LogP contribution is -2.29. The first-order valence-corrected chi connectivity index (χ1v) is 5.41. The van der Waals surface area contributed by atoms with Crippen molar-refractivity contribution in [1.82, 2.24) is 5.32 Å². The van der Waals surface area contributed by atoms with Crippen molar-refractivity contribution in [3.05, 3.63) is 35.4 Å². The molecule has 0 aliphatic rings. The summed E-state index contributed by atoms with van der Waals surface area (Å²) in [6, 6.07) is 5.19. The van der Waals surface area contributed by atoms with E-state index in [1.54, 1.807) is 7.05 Å². The Kier molecular flexibility index (Phi) is 3.65. The molecule has 0 saturated carbocycles. The molecule has 0 spiro atoms. The summed E-state index contributed by atoms with van der Waals surface area (Å²) in [5, 5.41) is 3.02. The zero-order valence-electron chi connectivity index (χ0n) is 8.32. The second-order valence-corrected chi connectivity index (χ2v) is 5.49. The van der Waals surface area contributed by atoms with Gasteiger partial charge in [0, 0.05) is 0 Å². The molecule has 1 rings (SSSR count). The zero-order chi connectivity index (χ0) is 11.7. The highest BCUT2D eigenvalue weighted by atomic mass is 127. The second kappa shape index (κ2) is 4.29. The molecule has 0 amide bonds. The van der Waals surface area contributed by atoms with Crippen molar-refractivity contribution in [2.75, 3.05) is 7.05 Å². The Labute approximate surface area is 100 Å². The van der Waals surface area contributed by atoms with E-state index in [9.17, 15) is 13.2 Å². The van der Waals surface area contributed by atoms with Crippen LogP contribution in [0, 0.1) is 0 Å². The van der Waals surface area contributed by atoms with Crippen molar-refractivity contribution >= 4 is 22.6 Å². The highest BCUT2D eigenvalue weighted by molar-refractivity contribution is 14.1. The van der Waals surface area contributed by atoms with Crippen LogP contribution in [0.2, 0.25) is 0 Å². The van der Waals surface area contributed by atoms with Gasteiger partial charge in [0.2, 0.25) is 0 Å². The maximum Gasteiger partial charge on any atom is 0.416 e.